The molecule has 11 heteroatoms. The molecule has 0 unspecified atom stereocenters. The van der Waals surface area contributed by atoms with Crippen molar-refractivity contribution in [1.82, 2.24) is 14.5 Å². The molecular formula is C19H16BrN5O5. The highest BCUT2D eigenvalue weighted by Gasteiger charge is 2.18. The number of hydrogen-bond donors (Lipinski definition) is 0. The van der Waals surface area contributed by atoms with Crippen molar-refractivity contribution in [3.63, 3.8) is 0 Å². The molecule has 0 aliphatic heterocycles. The Balaban J connectivity index is 1.87. The van der Waals surface area contributed by atoms with Gasteiger partial charge < -0.3 is 24.3 Å². The molecule has 0 spiro atoms. The van der Waals surface area contributed by atoms with E-state index in [2.05, 4.69) is 31.1 Å². The summed E-state index contributed by atoms with van der Waals surface area (Å²) in [5, 5.41) is 15.0. The van der Waals surface area contributed by atoms with Crippen LogP contribution in [0.5, 0.6) is 5.88 Å². The van der Waals surface area contributed by atoms with E-state index in [0.717, 1.165) is 4.47 Å². The van der Waals surface area contributed by atoms with Gasteiger partial charge in [-0.05, 0) is 28.1 Å². The lowest BCUT2D eigenvalue weighted by molar-refractivity contribution is -0.389. The molecule has 3 rings (SSSR count). The Morgan fingerprint density at radius 2 is 1.93 bits per heavy atom. The van der Waals surface area contributed by atoms with Crippen LogP contribution in [0.2, 0.25) is 0 Å². The topological polar surface area (TPSA) is 122 Å². The highest BCUT2D eigenvalue weighted by molar-refractivity contribution is 9.10. The van der Waals surface area contributed by atoms with Gasteiger partial charge in [0.05, 0.1) is 19.2 Å². The van der Waals surface area contributed by atoms with Crippen molar-refractivity contribution in [2.45, 2.75) is 13.5 Å². The lowest BCUT2D eigenvalue weighted by Gasteiger charge is -2.08. The predicted octanol–water partition coefficient (Wildman–Crippen LogP) is 3.53. The molecule has 0 amide bonds. The molecule has 1 aromatic carbocycles. The molecule has 0 saturated heterocycles. The summed E-state index contributed by atoms with van der Waals surface area (Å²) in [4.78, 5) is 35.7. The Morgan fingerprint density at radius 1 is 1.23 bits per heavy atom. The lowest BCUT2D eigenvalue weighted by atomic mass is 10.1. The number of nitrogens with zero attached hydrogens (tertiary/aromatic N) is 5. The number of methoxy groups -OCH3 is 1. The van der Waals surface area contributed by atoms with Crippen LogP contribution in [0.15, 0.2) is 58.4 Å². The number of aryl methyl sites for hydroxylation is 1. The van der Waals surface area contributed by atoms with E-state index in [1.165, 1.54) is 31.6 Å². The molecule has 10 nitrogen and oxygen atoms in total. The summed E-state index contributed by atoms with van der Waals surface area (Å²) in [6.07, 6.45) is 2.62. The Labute approximate surface area is 179 Å². The van der Waals surface area contributed by atoms with Gasteiger partial charge in [0.2, 0.25) is 11.7 Å². The van der Waals surface area contributed by atoms with Crippen molar-refractivity contribution in [2.24, 2.45) is 5.16 Å². The number of aromatic nitrogens is 3. The first kappa shape index (κ1) is 21.1. The minimum absolute atomic E-state index is 0.114. The minimum Gasteiger partial charge on any atom is -0.481 e. The number of hydrogen-bond acceptors (Lipinski definition) is 8. The number of ether oxygens (including phenoxy) is 1. The molecule has 0 saturated carbocycles. The van der Waals surface area contributed by atoms with Crippen molar-refractivity contribution in [3.05, 3.63) is 80.3 Å². The number of halogens is 1. The van der Waals surface area contributed by atoms with Crippen molar-refractivity contribution in [3.8, 4) is 5.88 Å². The van der Waals surface area contributed by atoms with E-state index in [-0.39, 0.29) is 17.9 Å². The normalized spacial score (nSPS) is 11.2. The minimum atomic E-state index is -0.701. The molecular weight excluding hydrogens is 458 g/mol. The summed E-state index contributed by atoms with van der Waals surface area (Å²) in [6, 6.07) is 10.2. The molecule has 0 radical (unpaired) electrons. The van der Waals surface area contributed by atoms with Gasteiger partial charge in [0, 0.05) is 29.2 Å². The number of pyridine rings is 1. The SMILES string of the molecule is COc1ccc(C(=O)O/N=C(/Cn2cc([N+](=O)[O-])nc2C)c2ccc(Br)cc2)cn1. The fourth-order valence-corrected chi connectivity index (χ4v) is 2.75. The number of carbonyl (C=O) groups is 1. The smallest absolute Gasteiger partial charge is 0.381 e. The second-order valence-corrected chi connectivity index (χ2v) is 6.96. The van der Waals surface area contributed by atoms with E-state index in [1.807, 2.05) is 12.1 Å². The van der Waals surface area contributed by atoms with Gasteiger partial charge in [-0.15, -0.1) is 0 Å². The maximum atomic E-state index is 12.3. The predicted molar refractivity (Wildman–Crippen MR) is 111 cm³/mol. The summed E-state index contributed by atoms with van der Waals surface area (Å²) in [5.74, 6) is -0.183. The third kappa shape index (κ3) is 5.06. The van der Waals surface area contributed by atoms with Gasteiger partial charge in [-0.1, -0.05) is 33.2 Å². The largest absolute Gasteiger partial charge is 0.481 e. The summed E-state index contributed by atoms with van der Waals surface area (Å²) < 4.78 is 7.38. The standard InChI is InChI=1S/C19H16BrN5O5/c1-12-22-17(25(27)28)11-24(12)10-16(13-3-6-15(20)7-4-13)23-30-19(26)14-5-8-18(29-2)21-9-14/h3-9,11H,10H2,1-2H3/b23-16-. The summed E-state index contributed by atoms with van der Waals surface area (Å²) in [5.41, 5.74) is 1.26. The zero-order valence-electron chi connectivity index (χ0n) is 16.0. The summed E-state index contributed by atoms with van der Waals surface area (Å²) >= 11 is 3.36. The number of benzene rings is 1. The van der Waals surface area contributed by atoms with Crippen LogP contribution in [-0.4, -0.2) is 38.2 Å². The molecule has 0 bridgehead atoms. The van der Waals surface area contributed by atoms with Crippen molar-refractivity contribution in [2.75, 3.05) is 7.11 Å². The molecule has 0 N–H and O–H groups in total. The zero-order chi connectivity index (χ0) is 21.7. The lowest BCUT2D eigenvalue weighted by Crippen LogP contribution is -2.14. The van der Waals surface area contributed by atoms with E-state index >= 15 is 0 Å². The van der Waals surface area contributed by atoms with Crippen LogP contribution in [0.1, 0.15) is 21.7 Å². The van der Waals surface area contributed by atoms with E-state index in [0.29, 0.717) is 23.0 Å². The second-order valence-electron chi connectivity index (χ2n) is 6.04. The maximum Gasteiger partial charge on any atom is 0.381 e. The third-order valence-electron chi connectivity index (χ3n) is 4.07. The Bertz CT molecular complexity index is 1090. The Kier molecular flexibility index (Phi) is 6.52. The molecule has 2 aromatic heterocycles. The molecule has 154 valence electrons. The fraction of sp³-hybridized carbons (Fsp3) is 0.158. The maximum absolute atomic E-state index is 12.3. The van der Waals surface area contributed by atoms with Gasteiger partial charge in [-0.3, -0.25) is 0 Å². The van der Waals surface area contributed by atoms with E-state index < -0.39 is 10.9 Å². The van der Waals surface area contributed by atoms with Gasteiger partial charge in [-0.25, -0.2) is 9.78 Å². The zero-order valence-corrected chi connectivity index (χ0v) is 17.6. The van der Waals surface area contributed by atoms with Crippen molar-refractivity contribution >= 4 is 33.4 Å². The average Bonchev–Trinajstić information content (AvgIpc) is 3.12. The van der Waals surface area contributed by atoms with Crippen LogP contribution in [0, 0.1) is 17.0 Å². The van der Waals surface area contributed by atoms with Crippen LogP contribution >= 0.6 is 15.9 Å². The molecule has 0 atom stereocenters. The van der Waals surface area contributed by atoms with Crippen LogP contribution in [-0.2, 0) is 11.4 Å². The highest BCUT2D eigenvalue weighted by Crippen LogP contribution is 2.16. The van der Waals surface area contributed by atoms with Crippen LogP contribution in [0.3, 0.4) is 0 Å². The highest BCUT2D eigenvalue weighted by atomic mass is 79.9. The number of oxime groups is 1. The first-order valence-corrected chi connectivity index (χ1v) is 9.39. The average molecular weight is 474 g/mol. The molecule has 0 aliphatic carbocycles. The van der Waals surface area contributed by atoms with Gasteiger partial charge in [0.15, 0.2) is 0 Å². The Morgan fingerprint density at radius 3 is 2.50 bits per heavy atom. The van der Waals surface area contributed by atoms with Crippen LogP contribution in [0.4, 0.5) is 5.82 Å². The number of imidazole rings is 1. The molecule has 2 heterocycles. The Hall–Kier alpha value is -3.60. The van der Waals surface area contributed by atoms with E-state index in [1.54, 1.807) is 23.6 Å². The van der Waals surface area contributed by atoms with E-state index in [4.69, 9.17) is 9.57 Å². The first-order valence-electron chi connectivity index (χ1n) is 8.59. The van der Waals surface area contributed by atoms with Gasteiger partial charge in [-0.2, -0.15) is 0 Å². The van der Waals surface area contributed by atoms with Crippen LogP contribution < -0.4 is 4.74 Å². The molecule has 30 heavy (non-hydrogen) atoms. The van der Waals surface area contributed by atoms with Crippen LogP contribution in [0.25, 0.3) is 0 Å². The number of carbonyl (C=O) groups excluding carboxylic acids is 1. The summed E-state index contributed by atoms with van der Waals surface area (Å²) in [6.45, 7) is 1.75. The quantitative estimate of drug-likeness (QED) is 0.222. The van der Waals surface area contributed by atoms with Gasteiger partial charge in [0.1, 0.15) is 11.9 Å². The second kappa shape index (κ2) is 9.27. The first-order chi connectivity index (χ1) is 14.4. The third-order valence-corrected chi connectivity index (χ3v) is 4.60. The summed E-state index contributed by atoms with van der Waals surface area (Å²) in [7, 11) is 1.47. The molecule has 0 aliphatic rings. The molecule has 0 fully saturated rings. The monoisotopic (exact) mass is 473 g/mol. The fourth-order valence-electron chi connectivity index (χ4n) is 2.49. The van der Waals surface area contributed by atoms with E-state index in [9.17, 15) is 14.9 Å². The van der Waals surface area contributed by atoms with Gasteiger partial charge >= 0.3 is 11.8 Å². The van der Waals surface area contributed by atoms with Crippen molar-refractivity contribution < 1.29 is 19.3 Å². The van der Waals surface area contributed by atoms with Gasteiger partial charge in [0.25, 0.3) is 0 Å². The number of nitro groups is 1. The van der Waals surface area contributed by atoms with Crippen molar-refractivity contribution in [1.29, 1.82) is 0 Å². The number of rotatable bonds is 7. The molecule has 3 aromatic rings.